The molecule has 0 unspecified atom stereocenters. The Morgan fingerprint density at radius 1 is 1.17 bits per heavy atom. The first kappa shape index (κ1) is 16.2. The number of nitrogens with one attached hydrogen (secondary N) is 1. The monoisotopic (exact) mass is 319 g/mol. The van der Waals surface area contributed by atoms with E-state index in [0.717, 1.165) is 43.5 Å². The molecule has 0 radical (unpaired) electrons. The third kappa shape index (κ3) is 4.41. The largest absolute Gasteiger partial charge is 0.460 e. The molecule has 1 aromatic rings. The minimum Gasteiger partial charge on any atom is -0.460 e. The van der Waals surface area contributed by atoms with Crippen LogP contribution in [0.15, 0.2) is 6.07 Å². The third-order valence-electron chi connectivity index (χ3n) is 4.55. The zero-order chi connectivity index (χ0) is 16.2. The van der Waals surface area contributed by atoms with Crippen molar-refractivity contribution in [2.24, 2.45) is 5.92 Å². The van der Waals surface area contributed by atoms with E-state index in [4.69, 9.17) is 9.47 Å². The zero-order valence-electron chi connectivity index (χ0n) is 13.9. The standard InChI is InChI=1S/C17H25N3O3/c1-11-9-12(2)19-17(18-11)23-15-5-3-14(4-6-15)20-16(21)13-7-8-22-10-13/h9,13-15H,3-8,10H2,1-2H3,(H,20,21)/t13-,14?,15?/m1/s1. The Hall–Kier alpha value is -1.69. The predicted molar refractivity (Wildman–Crippen MR) is 85.2 cm³/mol. The van der Waals surface area contributed by atoms with Crippen molar-refractivity contribution < 1.29 is 14.3 Å². The number of aryl methyl sites for hydroxylation is 2. The molecule has 0 spiro atoms. The molecule has 1 saturated heterocycles. The lowest BCUT2D eigenvalue weighted by Gasteiger charge is -2.29. The second-order valence-electron chi connectivity index (χ2n) is 6.59. The first-order chi connectivity index (χ1) is 11.1. The number of rotatable bonds is 4. The average Bonchev–Trinajstić information content (AvgIpc) is 3.02. The number of aromatic nitrogens is 2. The molecule has 0 bridgehead atoms. The van der Waals surface area contributed by atoms with Crippen LogP contribution in [-0.4, -0.2) is 41.2 Å². The summed E-state index contributed by atoms with van der Waals surface area (Å²) in [5.41, 5.74) is 1.85. The van der Waals surface area contributed by atoms with Crippen LogP contribution in [0.3, 0.4) is 0 Å². The van der Waals surface area contributed by atoms with Crippen LogP contribution < -0.4 is 10.1 Å². The highest BCUT2D eigenvalue weighted by atomic mass is 16.5. The lowest BCUT2D eigenvalue weighted by molar-refractivity contribution is -0.126. The highest BCUT2D eigenvalue weighted by Gasteiger charge is 2.28. The van der Waals surface area contributed by atoms with Crippen LogP contribution in [0.2, 0.25) is 0 Å². The highest BCUT2D eigenvalue weighted by molar-refractivity contribution is 5.79. The summed E-state index contributed by atoms with van der Waals surface area (Å²) in [5, 5.41) is 3.16. The van der Waals surface area contributed by atoms with Crippen LogP contribution >= 0.6 is 0 Å². The molecule has 1 amide bonds. The Kier molecular flexibility index (Phi) is 5.10. The van der Waals surface area contributed by atoms with Gasteiger partial charge in [-0.05, 0) is 52.0 Å². The van der Waals surface area contributed by atoms with E-state index < -0.39 is 0 Å². The van der Waals surface area contributed by atoms with Crippen molar-refractivity contribution in [3.8, 4) is 6.01 Å². The summed E-state index contributed by atoms with van der Waals surface area (Å²) in [5.74, 6) is 0.178. The van der Waals surface area contributed by atoms with Gasteiger partial charge in [0.1, 0.15) is 6.10 Å². The SMILES string of the molecule is Cc1cc(C)nc(OC2CCC(NC(=O)[C@@H]3CCOC3)CC2)n1. The molecule has 2 aliphatic rings. The van der Waals surface area contributed by atoms with Crippen molar-refractivity contribution in [2.45, 2.75) is 58.1 Å². The van der Waals surface area contributed by atoms with E-state index >= 15 is 0 Å². The molecule has 6 heteroatoms. The number of carbonyl (C=O) groups excluding carboxylic acids is 1. The van der Waals surface area contributed by atoms with Gasteiger partial charge in [0, 0.05) is 24.0 Å². The Bertz CT molecular complexity index is 530. The van der Waals surface area contributed by atoms with Gasteiger partial charge in [-0.3, -0.25) is 4.79 Å². The Labute approximate surface area is 137 Å². The second kappa shape index (κ2) is 7.25. The summed E-state index contributed by atoms with van der Waals surface area (Å²) in [6.07, 6.45) is 4.70. The van der Waals surface area contributed by atoms with E-state index in [1.165, 1.54) is 0 Å². The summed E-state index contributed by atoms with van der Waals surface area (Å²) in [4.78, 5) is 20.8. The fourth-order valence-corrected chi connectivity index (χ4v) is 3.28. The first-order valence-corrected chi connectivity index (χ1v) is 8.47. The van der Waals surface area contributed by atoms with Crippen LogP contribution in [0.25, 0.3) is 0 Å². The van der Waals surface area contributed by atoms with Crippen LogP contribution in [0.5, 0.6) is 6.01 Å². The number of hydrogen-bond donors (Lipinski definition) is 1. The van der Waals surface area contributed by atoms with E-state index in [-0.39, 0.29) is 24.0 Å². The van der Waals surface area contributed by atoms with Gasteiger partial charge >= 0.3 is 6.01 Å². The molecular weight excluding hydrogens is 294 g/mol. The molecule has 1 aliphatic carbocycles. The molecule has 1 aromatic heterocycles. The van der Waals surface area contributed by atoms with E-state index in [0.29, 0.717) is 19.2 Å². The van der Waals surface area contributed by atoms with Crippen molar-refractivity contribution in [1.29, 1.82) is 0 Å². The fourth-order valence-electron chi connectivity index (χ4n) is 3.28. The molecule has 126 valence electrons. The molecule has 2 fully saturated rings. The van der Waals surface area contributed by atoms with Crippen molar-refractivity contribution >= 4 is 5.91 Å². The van der Waals surface area contributed by atoms with Crippen LogP contribution in [-0.2, 0) is 9.53 Å². The number of ether oxygens (including phenoxy) is 2. The lowest BCUT2D eigenvalue weighted by atomic mass is 9.92. The van der Waals surface area contributed by atoms with Crippen molar-refractivity contribution in [1.82, 2.24) is 15.3 Å². The molecular formula is C17H25N3O3. The molecule has 23 heavy (non-hydrogen) atoms. The van der Waals surface area contributed by atoms with Gasteiger partial charge < -0.3 is 14.8 Å². The van der Waals surface area contributed by atoms with Gasteiger partial charge in [0.05, 0.1) is 12.5 Å². The van der Waals surface area contributed by atoms with E-state index in [2.05, 4.69) is 15.3 Å². The maximum absolute atomic E-state index is 12.1. The molecule has 1 N–H and O–H groups in total. The van der Waals surface area contributed by atoms with Crippen molar-refractivity contribution in [3.05, 3.63) is 17.5 Å². The van der Waals surface area contributed by atoms with Gasteiger partial charge in [-0.1, -0.05) is 0 Å². The molecule has 0 aromatic carbocycles. The van der Waals surface area contributed by atoms with Crippen LogP contribution in [0, 0.1) is 19.8 Å². The average molecular weight is 319 g/mol. The van der Waals surface area contributed by atoms with Gasteiger partial charge in [0.25, 0.3) is 0 Å². The molecule has 3 rings (SSSR count). The zero-order valence-corrected chi connectivity index (χ0v) is 13.9. The maximum Gasteiger partial charge on any atom is 0.317 e. The minimum absolute atomic E-state index is 0.0349. The fraction of sp³-hybridized carbons (Fsp3) is 0.706. The Balaban J connectivity index is 1.45. The second-order valence-corrected chi connectivity index (χ2v) is 6.59. The molecule has 1 aliphatic heterocycles. The van der Waals surface area contributed by atoms with Gasteiger partial charge in [0.15, 0.2) is 0 Å². The number of carbonyl (C=O) groups is 1. The van der Waals surface area contributed by atoms with Gasteiger partial charge in [0.2, 0.25) is 5.91 Å². The first-order valence-electron chi connectivity index (χ1n) is 8.47. The topological polar surface area (TPSA) is 73.3 Å². The maximum atomic E-state index is 12.1. The van der Waals surface area contributed by atoms with Gasteiger partial charge in [-0.15, -0.1) is 0 Å². The van der Waals surface area contributed by atoms with Crippen molar-refractivity contribution in [2.75, 3.05) is 13.2 Å². The lowest BCUT2D eigenvalue weighted by Crippen LogP contribution is -2.42. The van der Waals surface area contributed by atoms with Crippen molar-refractivity contribution in [3.63, 3.8) is 0 Å². The van der Waals surface area contributed by atoms with Crippen LogP contribution in [0.4, 0.5) is 0 Å². The summed E-state index contributed by atoms with van der Waals surface area (Å²) < 4.78 is 11.2. The molecule has 1 saturated carbocycles. The molecule has 2 heterocycles. The number of hydrogen-bond acceptors (Lipinski definition) is 5. The molecule has 1 atom stereocenters. The summed E-state index contributed by atoms with van der Waals surface area (Å²) in [6.45, 7) is 5.16. The summed E-state index contributed by atoms with van der Waals surface area (Å²) in [7, 11) is 0. The van der Waals surface area contributed by atoms with E-state index in [1.807, 2.05) is 19.9 Å². The Morgan fingerprint density at radius 3 is 2.48 bits per heavy atom. The summed E-state index contributed by atoms with van der Waals surface area (Å²) in [6, 6.07) is 2.66. The van der Waals surface area contributed by atoms with Crippen LogP contribution in [0.1, 0.15) is 43.5 Å². The summed E-state index contributed by atoms with van der Waals surface area (Å²) >= 11 is 0. The smallest absolute Gasteiger partial charge is 0.317 e. The minimum atomic E-state index is 0.0349. The normalized spacial score (nSPS) is 27.7. The highest BCUT2D eigenvalue weighted by Crippen LogP contribution is 2.23. The predicted octanol–water partition coefficient (Wildman–Crippen LogP) is 1.94. The number of amides is 1. The molecule has 6 nitrogen and oxygen atoms in total. The van der Waals surface area contributed by atoms with E-state index in [1.54, 1.807) is 0 Å². The van der Waals surface area contributed by atoms with Gasteiger partial charge in [-0.2, -0.15) is 0 Å². The quantitative estimate of drug-likeness (QED) is 0.918. The number of nitrogens with zero attached hydrogens (tertiary/aromatic N) is 2. The van der Waals surface area contributed by atoms with E-state index in [9.17, 15) is 4.79 Å². The third-order valence-corrected chi connectivity index (χ3v) is 4.55. The Morgan fingerprint density at radius 2 is 1.87 bits per heavy atom. The van der Waals surface area contributed by atoms with Gasteiger partial charge in [-0.25, -0.2) is 9.97 Å².